The van der Waals surface area contributed by atoms with Gasteiger partial charge in [-0.2, -0.15) is 4.98 Å². The SMILES string of the molecule is Cc1ccc(Cc2noc([C@H]3CCCCN3)n2)cc1. The van der Waals surface area contributed by atoms with E-state index in [1.807, 2.05) is 0 Å². The van der Waals surface area contributed by atoms with Gasteiger partial charge in [-0.15, -0.1) is 0 Å². The summed E-state index contributed by atoms with van der Waals surface area (Å²) in [5.74, 6) is 1.51. The van der Waals surface area contributed by atoms with E-state index in [0.29, 0.717) is 0 Å². The van der Waals surface area contributed by atoms with Gasteiger partial charge < -0.3 is 9.84 Å². The number of nitrogens with one attached hydrogen (secondary N) is 1. The third kappa shape index (κ3) is 3.01. The standard InChI is InChI=1S/C15H19N3O/c1-11-5-7-12(8-6-11)10-14-17-15(19-18-14)13-4-2-3-9-16-13/h5-8,13,16H,2-4,9-10H2,1H3/t13-/m1/s1. The average molecular weight is 257 g/mol. The number of aromatic nitrogens is 2. The van der Waals surface area contributed by atoms with Gasteiger partial charge >= 0.3 is 0 Å². The van der Waals surface area contributed by atoms with Gasteiger partial charge in [-0.3, -0.25) is 0 Å². The maximum atomic E-state index is 5.38. The highest BCUT2D eigenvalue weighted by atomic mass is 16.5. The van der Waals surface area contributed by atoms with E-state index < -0.39 is 0 Å². The van der Waals surface area contributed by atoms with E-state index in [4.69, 9.17) is 4.52 Å². The maximum absolute atomic E-state index is 5.38. The first-order chi connectivity index (χ1) is 9.31. The largest absolute Gasteiger partial charge is 0.338 e. The number of piperidine rings is 1. The van der Waals surface area contributed by atoms with E-state index in [1.165, 1.54) is 24.0 Å². The van der Waals surface area contributed by atoms with Crippen LogP contribution in [0, 0.1) is 6.92 Å². The van der Waals surface area contributed by atoms with Gasteiger partial charge in [0.1, 0.15) is 0 Å². The van der Waals surface area contributed by atoms with E-state index >= 15 is 0 Å². The lowest BCUT2D eigenvalue weighted by atomic mass is 10.1. The molecule has 0 amide bonds. The van der Waals surface area contributed by atoms with Gasteiger partial charge in [-0.1, -0.05) is 41.4 Å². The molecule has 4 heteroatoms. The lowest BCUT2D eigenvalue weighted by Gasteiger charge is -2.19. The molecule has 1 aromatic carbocycles. The Kier molecular flexibility index (Phi) is 3.60. The quantitative estimate of drug-likeness (QED) is 0.918. The Balaban J connectivity index is 1.68. The molecular weight excluding hydrogens is 238 g/mol. The van der Waals surface area contributed by atoms with Crippen molar-refractivity contribution < 1.29 is 4.52 Å². The molecule has 2 heterocycles. The Morgan fingerprint density at radius 2 is 2.11 bits per heavy atom. The van der Waals surface area contributed by atoms with Crippen molar-refractivity contribution in [1.82, 2.24) is 15.5 Å². The molecule has 1 saturated heterocycles. The molecule has 0 radical (unpaired) electrons. The number of hydrogen-bond donors (Lipinski definition) is 1. The fourth-order valence-electron chi connectivity index (χ4n) is 2.43. The molecule has 0 spiro atoms. The summed E-state index contributed by atoms with van der Waals surface area (Å²) in [7, 11) is 0. The van der Waals surface area contributed by atoms with Crippen LogP contribution < -0.4 is 5.32 Å². The lowest BCUT2D eigenvalue weighted by molar-refractivity contribution is 0.296. The Morgan fingerprint density at radius 1 is 1.26 bits per heavy atom. The van der Waals surface area contributed by atoms with Crippen LogP contribution in [0.5, 0.6) is 0 Å². The molecular formula is C15H19N3O. The highest BCUT2D eigenvalue weighted by Gasteiger charge is 2.20. The van der Waals surface area contributed by atoms with Gasteiger partial charge in [0, 0.05) is 6.42 Å². The maximum Gasteiger partial charge on any atom is 0.243 e. The Morgan fingerprint density at radius 3 is 2.84 bits per heavy atom. The normalized spacial score (nSPS) is 19.5. The fraction of sp³-hybridized carbons (Fsp3) is 0.467. The first-order valence-electron chi connectivity index (χ1n) is 6.93. The van der Waals surface area contributed by atoms with Gasteiger partial charge in [-0.25, -0.2) is 0 Å². The molecule has 1 atom stereocenters. The molecule has 4 nitrogen and oxygen atoms in total. The fourth-order valence-corrected chi connectivity index (χ4v) is 2.43. The second kappa shape index (κ2) is 5.53. The third-order valence-corrected chi connectivity index (χ3v) is 3.58. The second-order valence-electron chi connectivity index (χ2n) is 5.21. The molecule has 1 N–H and O–H groups in total. The van der Waals surface area contributed by atoms with Crippen molar-refractivity contribution in [3.63, 3.8) is 0 Å². The summed E-state index contributed by atoms with van der Waals surface area (Å²) in [6, 6.07) is 8.69. The molecule has 3 rings (SSSR count). The zero-order valence-corrected chi connectivity index (χ0v) is 11.2. The van der Waals surface area contributed by atoms with Crippen LogP contribution in [0.3, 0.4) is 0 Å². The second-order valence-corrected chi connectivity index (χ2v) is 5.21. The molecule has 1 aliphatic rings. The van der Waals surface area contributed by atoms with Crippen molar-refractivity contribution >= 4 is 0 Å². The minimum atomic E-state index is 0.244. The van der Waals surface area contributed by atoms with E-state index in [9.17, 15) is 0 Å². The summed E-state index contributed by atoms with van der Waals surface area (Å²) < 4.78 is 5.38. The zero-order chi connectivity index (χ0) is 13.1. The van der Waals surface area contributed by atoms with Crippen molar-refractivity contribution in [2.24, 2.45) is 0 Å². The van der Waals surface area contributed by atoms with Crippen LogP contribution in [0.2, 0.25) is 0 Å². The predicted molar refractivity (Wildman–Crippen MR) is 72.9 cm³/mol. The van der Waals surface area contributed by atoms with Gasteiger partial charge in [0.15, 0.2) is 5.82 Å². The van der Waals surface area contributed by atoms with E-state index in [1.54, 1.807) is 0 Å². The van der Waals surface area contributed by atoms with Gasteiger partial charge in [-0.05, 0) is 31.9 Å². The summed E-state index contributed by atoms with van der Waals surface area (Å²) in [6.07, 6.45) is 4.29. The smallest absolute Gasteiger partial charge is 0.243 e. The molecule has 0 saturated carbocycles. The average Bonchev–Trinajstić information content (AvgIpc) is 2.91. The van der Waals surface area contributed by atoms with Crippen molar-refractivity contribution in [1.29, 1.82) is 0 Å². The summed E-state index contributed by atoms with van der Waals surface area (Å²) in [5.41, 5.74) is 2.48. The molecule has 0 unspecified atom stereocenters. The van der Waals surface area contributed by atoms with Crippen LogP contribution in [0.25, 0.3) is 0 Å². The minimum absolute atomic E-state index is 0.244. The summed E-state index contributed by atoms with van der Waals surface area (Å²) in [5, 5.41) is 7.51. The molecule has 1 fully saturated rings. The first-order valence-corrected chi connectivity index (χ1v) is 6.93. The van der Waals surface area contributed by atoms with Crippen molar-refractivity contribution in [2.75, 3.05) is 6.54 Å². The van der Waals surface area contributed by atoms with E-state index in [0.717, 1.165) is 31.1 Å². The van der Waals surface area contributed by atoms with E-state index in [-0.39, 0.29) is 6.04 Å². The van der Waals surface area contributed by atoms with Crippen LogP contribution >= 0.6 is 0 Å². The van der Waals surface area contributed by atoms with Crippen molar-refractivity contribution in [2.45, 2.75) is 38.6 Å². The van der Waals surface area contributed by atoms with Crippen molar-refractivity contribution in [3.8, 4) is 0 Å². The summed E-state index contributed by atoms with van der Waals surface area (Å²) in [4.78, 5) is 4.51. The Labute approximate surface area is 113 Å². The highest BCUT2D eigenvalue weighted by molar-refractivity contribution is 5.23. The van der Waals surface area contributed by atoms with Gasteiger partial charge in [0.05, 0.1) is 6.04 Å². The number of nitrogens with zero attached hydrogens (tertiary/aromatic N) is 2. The van der Waals surface area contributed by atoms with Crippen LogP contribution in [-0.4, -0.2) is 16.7 Å². The number of rotatable bonds is 3. The molecule has 19 heavy (non-hydrogen) atoms. The number of hydrogen-bond acceptors (Lipinski definition) is 4. The van der Waals surface area contributed by atoms with Crippen LogP contribution in [0.1, 0.15) is 48.1 Å². The number of benzene rings is 1. The van der Waals surface area contributed by atoms with Crippen LogP contribution in [-0.2, 0) is 6.42 Å². The summed E-state index contributed by atoms with van der Waals surface area (Å²) in [6.45, 7) is 3.13. The zero-order valence-electron chi connectivity index (χ0n) is 11.2. The molecule has 1 aliphatic heterocycles. The monoisotopic (exact) mass is 257 g/mol. The number of aryl methyl sites for hydroxylation is 1. The Bertz CT molecular complexity index is 527. The predicted octanol–water partition coefficient (Wildman–Crippen LogP) is 2.78. The third-order valence-electron chi connectivity index (χ3n) is 3.58. The Hall–Kier alpha value is -1.68. The topological polar surface area (TPSA) is 51.0 Å². The molecule has 100 valence electrons. The van der Waals surface area contributed by atoms with E-state index in [2.05, 4.69) is 46.6 Å². The van der Waals surface area contributed by atoms with Gasteiger partial charge in [0.2, 0.25) is 5.89 Å². The van der Waals surface area contributed by atoms with Gasteiger partial charge in [0.25, 0.3) is 0 Å². The van der Waals surface area contributed by atoms with Crippen molar-refractivity contribution in [3.05, 3.63) is 47.1 Å². The lowest BCUT2D eigenvalue weighted by Crippen LogP contribution is -2.27. The first kappa shape index (κ1) is 12.4. The highest BCUT2D eigenvalue weighted by Crippen LogP contribution is 2.21. The van der Waals surface area contributed by atoms with Crippen LogP contribution in [0.15, 0.2) is 28.8 Å². The minimum Gasteiger partial charge on any atom is -0.338 e. The summed E-state index contributed by atoms with van der Waals surface area (Å²) >= 11 is 0. The van der Waals surface area contributed by atoms with Crippen LogP contribution in [0.4, 0.5) is 0 Å². The molecule has 2 aromatic rings. The molecule has 0 aliphatic carbocycles. The molecule has 0 bridgehead atoms. The molecule has 1 aromatic heterocycles.